The Morgan fingerprint density at radius 1 is 0.972 bits per heavy atom. The molecule has 0 aliphatic carbocycles. The quantitative estimate of drug-likeness (QED) is 0.410. The largest absolute Gasteiger partial charge is 0.309 e. The number of hydrogen-bond acceptors (Lipinski definition) is 5. The zero-order valence-corrected chi connectivity index (χ0v) is 19.6. The van der Waals surface area contributed by atoms with Gasteiger partial charge >= 0.3 is 0 Å². The van der Waals surface area contributed by atoms with Gasteiger partial charge in [0.2, 0.25) is 0 Å². The molecule has 0 aliphatic heterocycles. The van der Waals surface area contributed by atoms with Gasteiger partial charge < -0.3 is 9.88 Å². The van der Waals surface area contributed by atoms with E-state index in [0.717, 1.165) is 17.7 Å². The number of benzene rings is 2. The number of fused-ring (bicyclic) bond motifs is 1. The van der Waals surface area contributed by atoms with Crippen molar-refractivity contribution >= 4 is 22.6 Å². The van der Waals surface area contributed by atoms with Gasteiger partial charge in [-0.15, -0.1) is 5.10 Å². The van der Waals surface area contributed by atoms with Crippen molar-refractivity contribution in [2.24, 2.45) is 14.1 Å². The molecule has 5 rings (SSSR count). The van der Waals surface area contributed by atoms with Crippen molar-refractivity contribution in [1.29, 1.82) is 0 Å². The number of halogens is 2. The second-order valence-corrected chi connectivity index (χ2v) is 8.37. The van der Waals surface area contributed by atoms with Crippen LogP contribution in [0.25, 0.3) is 33.3 Å². The Morgan fingerprint density at radius 2 is 1.78 bits per heavy atom. The van der Waals surface area contributed by atoms with Crippen LogP contribution in [0.1, 0.15) is 15.9 Å². The molecule has 0 atom stereocenters. The van der Waals surface area contributed by atoms with E-state index < -0.39 is 11.6 Å². The summed E-state index contributed by atoms with van der Waals surface area (Å²) in [5.74, 6) is -1.35. The lowest BCUT2D eigenvalue weighted by molar-refractivity contribution is 0.102. The summed E-state index contributed by atoms with van der Waals surface area (Å²) in [6.45, 7) is 1.84. The number of pyridine rings is 1. The molecular weight excluding hydrogens is 466 g/mol. The number of aryl methyl sites for hydroxylation is 3. The molecule has 3 aromatic heterocycles. The molecule has 0 unspecified atom stereocenters. The van der Waals surface area contributed by atoms with Crippen LogP contribution in [0.4, 0.5) is 14.6 Å². The van der Waals surface area contributed by atoms with Gasteiger partial charge in [0.15, 0.2) is 0 Å². The molecule has 0 saturated heterocycles. The zero-order valence-electron chi connectivity index (χ0n) is 19.6. The summed E-state index contributed by atoms with van der Waals surface area (Å²) in [5, 5.41) is 15.4. The third kappa shape index (κ3) is 3.92. The van der Waals surface area contributed by atoms with Gasteiger partial charge in [0, 0.05) is 48.3 Å². The first-order valence-corrected chi connectivity index (χ1v) is 11.0. The van der Waals surface area contributed by atoms with Crippen molar-refractivity contribution in [2.75, 3.05) is 5.32 Å². The predicted molar refractivity (Wildman–Crippen MR) is 131 cm³/mol. The Hall–Kier alpha value is -4.73. The molecule has 0 fully saturated rings. The lowest BCUT2D eigenvalue weighted by Gasteiger charge is -2.14. The molecule has 0 saturated carbocycles. The fourth-order valence-electron chi connectivity index (χ4n) is 4.15. The molecule has 1 N–H and O–H groups in total. The maximum atomic E-state index is 14.5. The van der Waals surface area contributed by atoms with Crippen LogP contribution in [0, 0.1) is 18.6 Å². The highest BCUT2D eigenvalue weighted by Crippen LogP contribution is 2.30. The van der Waals surface area contributed by atoms with E-state index in [2.05, 4.69) is 20.6 Å². The number of anilines is 1. The number of aromatic nitrogens is 5. The third-order valence-electron chi connectivity index (χ3n) is 6.06. The third-order valence-corrected chi connectivity index (χ3v) is 6.06. The highest BCUT2D eigenvalue weighted by atomic mass is 19.1. The molecule has 10 heteroatoms. The molecule has 0 aliphatic rings. The molecule has 0 bridgehead atoms. The maximum absolute atomic E-state index is 14.5. The fourth-order valence-corrected chi connectivity index (χ4v) is 4.15. The Labute approximate surface area is 203 Å². The van der Waals surface area contributed by atoms with E-state index in [4.69, 9.17) is 0 Å². The lowest BCUT2D eigenvalue weighted by Crippen LogP contribution is -2.21. The van der Waals surface area contributed by atoms with Crippen LogP contribution in [0.2, 0.25) is 0 Å². The average Bonchev–Trinajstić information content (AvgIpc) is 3.25. The Bertz CT molecular complexity index is 1720. The van der Waals surface area contributed by atoms with Crippen LogP contribution in [-0.4, -0.2) is 30.5 Å². The molecule has 3 heterocycles. The molecule has 0 radical (unpaired) electrons. The highest BCUT2D eigenvalue weighted by molar-refractivity contribution is 6.05. The first-order chi connectivity index (χ1) is 17.2. The summed E-state index contributed by atoms with van der Waals surface area (Å²) in [6.07, 6.45) is 3.04. The second kappa shape index (κ2) is 8.81. The molecule has 36 heavy (non-hydrogen) atoms. The van der Waals surface area contributed by atoms with E-state index in [9.17, 15) is 18.4 Å². The molecule has 5 aromatic rings. The monoisotopic (exact) mass is 486 g/mol. The van der Waals surface area contributed by atoms with Crippen molar-refractivity contribution in [3.05, 3.63) is 94.0 Å². The van der Waals surface area contributed by atoms with Gasteiger partial charge in [0.05, 0.1) is 17.9 Å². The number of amides is 1. The molecule has 2 aromatic carbocycles. The van der Waals surface area contributed by atoms with Crippen LogP contribution in [0.15, 0.2) is 65.7 Å². The standard InChI is InChI=1S/C26H20F2N6O2/c1-14-4-5-15(25(35)31-22-8-9-30-34(22)3)10-19(14)20-11-16-13-29-32-23(24(16)33(2)26(20)36)18-7-6-17(27)12-21(18)28/h4-13H,1-3H3,(H,31,35). The Kier molecular flexibility index (Phi) is 5.63. The van der Waals surface area contributed by atoms with Crippen molar-refractivity contribution < 1.29 is 13.6 Å². The molecule has 8 nitrogen and oxygen atoms in total. The topological polar surface area (TPSA) is 94.7 Å². The van der Waals surface area contributed by atoms with Gasteiger partial charge in [-0.25, -0.2) is 8.78 Å². The van der Waals surface area contributed by atoms with Gasteiger partial charge in [0.25, 0.3) is 11.5 Å². The van der Waals surface area contributed by atoms with Gasteiger partial charge in [0.1, 0.15) is 23.1 Å². The van der Waals surface area contributed by atoms with Gasteiger partial charge in [-0.05, 0) is 48.4 Å². The SMILES string of the molecule is Cc1ccc(C(=O)Nc2ccnn2C)cc1-c1cc2cnnc(-c3ccc(F)cc3F)c2n(C)c1=O. The van der Waals surface area contributed by atoms with Crippen molar-refractivity contribution in [1.82, 2.24) is 24.5 Å². The smallest absolute Gasteiger partial charge is 0.258 e. The first kappa shape index (κ1) is 23.0. The minimum atomic E-state index is -0.809. The molecule has 0 spiro atoms. The second-order valence-electron chi connectivity index (χ2n) is 8.37. The number of nitrogens with one attached hydrogen (secondary N) is 1. The number of hydrogen-bond donors (Lipinski definition) is 1. The summed E-state index contributed by atoms with van der Waals surface area (Å²) in [5.41, 5.74) is 2.20. The first-order valence-electron chi connectivity index (χ1n) is 11.0. The van der Waals surface area contributed by atoms with Crippen molar-refractivity contribution in [2.45, 2.75) is 6.92 Å². The van der Waals surface area contributed by atoms with Crippen LogP contribution in [-0.2, 0) is 14.1 Å². The number of rotatable bonds is 4. The number of carbonyl (C=O) groups excluding carboxylic acids is 1. The minimum absolute atomic E-state index is 0.0299. The Balaban J connectivity index is 1.64. The minimum Gasteiger partial charge on any atom is -0.309 e. The van der Waals surface area contributed by atoms with Crippen LogP contribution in [0.3, 0.4) is 0 Å². The lowest BCUT2D eigenvalue weighted by atomic mass is 9.97. The summed E-state index contributed by atoms with van der Waals surface area (Å²) >= 11 is 0. The number of carbonyl (C=O) groups is 1. The van der Waals surface area contributed by atoms with Crippen LogP contribution >= 0.6 is 0 Å². The van der Waals surface area contributed by atoms with E-state index in [0.29, 0.717) is 33.4 Å². The van der Waals surface area contributed by atoms with Crippen molar-refractivity contribution in [3.63, 3.8) is 0 Å². The zero-order chi connectivity index (χ0) is 25.6. The Morgan fingerprint density at radius 3 is 2.50 bits per heavy atom. The maximum Gasteiger partial charge on any atom is 0.258 e. The van der Waals surface area contributed by atoms with Crippen molar-refractivity contribution in [3.8, 4) is 22.4 Å². The molecular formula is C26H20F2N6O2. The van der Waals surface area contributed by atoms with Gasteiger partial charge in [-0.3, -0.25) is 14.3 Å². The van der Waals surface area contributed by atoms with E-state index in [1.54, 1.807) is 50.6 Å². The van der Waals surface area contributed by atoms with E-state index in [1.807, 2.05) is 6.92 Å². The number of nitrogens with zero attached hydrogens (tertiary/aromatic N) is 5. The van der Waals surface area contributed by atoms with E-state index >= 15 is 0 Å². The predicted octanol–water partition coefficient (Wildman–Crippen LogP) is 4.23. The highest BCUT2D eigenvalue weighted by Gasteiger charge is 2.19. The molecule has 1 amide bonds. The van der Waals surface area contributed by atoms with E-state index in [-0.39, 0.29) is 22.7 Å². The normalized spacial score (nSPS) is 11.1. The van der Waals surface area contributed by atoms with Crippen LogP contribution in [0.5, 0.6) is 0 Å². The summed E-state index contributed by atoms with van der Waals surface area (Å²) in [6, 6.07) is 11.6. The summed E-state index contributed by atoms with van der Waals surface area (Å²) in [7, 11) is 3.26. The van der Waals surface area contributed by atoms with Gasteiger partial charge in [-0.1, -0.05) is 6.07 Å². The van der Waals surface area contributed by atoms with Crippen LogP contribution < -0.4 is 10.9 Å². The molecule has 180 valence electrons. The van der Waals surface area contributed by atoms with Gasteiger partial charge in [-0.2, -0.15) is 10.2 Å². The average molecular weight is 486 g/mol. The van der Waals surface area contributed by atoms with E-state index in [1.165, 1.54) is 21.5 Å². The summed E-state index contributed by atoms with van der Waals surface area (Å²) in [4.78, 5) is 26.4. The summed E-state index contributed by atoms with van der Waals surface area (Å²) < 4.78 is 30.9. The fraction of sp³-hybridized carbons (Fsp3) is 0.115.